The first-order valence-electron chi connectivity index (χ1n) is 7.40. The molecule has 4 heteroatoms. The van der Waals surface area contributed by atoms with E-state index in [1.54, 1.807) is 0 Å². The fraction of sp³-hybridized carbons (Fsp3) is 0.278. The van der Waals surface area contributed by atoms with E-state index in [4.69, 9.17) is 0 Å². The van der Waals surface area contributed by atoms with Crippen LogP contribution in [0.5, 0.6) is 0 Å². The first-order valence-corrected chi connectivity index (χ1v) is 7.40. The number of anilines is 1. The van der Waals surface area contributed by atoms with Crippen LogP contribution < -0.4 is 5.32 Å². The van der Waals surface area contributed by atoms with Crippen LogP contribution >= 0.6 is 12.4 Å². The number of hydrogen-bond donors (Lipinski definition) is 1. The van der Waals surface area contributed by atoms with Gasteiger partial charge in [0, 0.05) is 5.69 Å². The number of halogens is 1. The Labute approximate surface area is 138 Å². The predicted octanol–water partition coefficient (Wildman–Crippen LogP) is 4.06. The summed E-state index contributed by atoms with van der Waals surface area (Å²) in [6.07, 6.45) is 0. The maximum Gasteiger partial charge on any atom is 0.238 e. The summed E-state index contributed by atoms with van der Waals surface area (Å²) in [6, 6.07) is 18.2. The molecule has 1 amide bonds. The molecule has 22 heavy (non-hydrogen) atoms. The Kier molecular flexibility index (Phi) is 7.64. The van der Waals surface area contributed by atoms with E-state index >= 15 is 0 Å². The predicted molar refractivity (Wildman–Crippen MR) is 95.5 cm³/mol. The molecule has 0 saturated carbocycles. The molecule has 0 spiro atoms. The summed E-state index contributed by atoms with van der Waals surface area (Å²) in [5.74, 6) is 0.0335. The highest BCUT2D eigenvalue weighted by Gasteiger charge is 2.07. The number of nitrogens with zero attached hydrogens (tertiary/aromatic N) is 1. The molecule has 2 aromatic carbocycles. The van der Waals surface area contributed by atoms with E-state index in [0.29, 0.717) is 6.54 Å². The summed E-state index contributed by atoms with van der Waals surface area (Å²) >= 11 is 0. The second kappa shape index (κ2) is 9.23. The smallest absolute Gasteiger partial charge is 0.238 e. The van der Waals surface area contributed by atoms with Gasteiger partial charge in [-0.1, -0.05) is 56.3 Å². The third kappa shape index (κ3) is 5.17. The molecule has 0 heterocycles. The van der Waals surface area contributed by atoms with Crippen molar-refractivity contribution in [3.05, 3.63) is 54.6 Å². The number of hydrogen-bond acceptors (Lipinski definition) is 2. The molecule has 0 atom stereocenters. The Hall–Kier alpha value is -1.84. The van der Waals surface area contributed by atoms with E-state index in [0.717, 1.165) is 24.3 Å². The van der Waals surface area contributed by atoms with Crippen LogP contribution in [0.1, 0.15) is 13.8 Å². The van der Waals surface area contributed by atoms with Gasteiger partial charge in [-0.25, -0.2) is 0 Å². The van der Waals surface area contributed by atoms with Crippen molar-refractivity contribution >= 4 is 24.0 Å². The molecule has 2 rings (SSSR count). The summed E-state index contributed by atoms with van der Waals surface area (Å²) in [6.45, 7) is 6.33. The van der Waals surface area contributed by atoms with E-state index in [1.807, 2.05) is 42.5 Å². The van der Waals surface area contributed by atoms with Gasteiger partial charge in [0.1, 0.15) is 0 Å². The van der Waals surface area contributed by atoms with Gasteiger partial charge in [0.25, 0.3) is 0 Å². The Morgan fingerprint density at radius 3 is 2.00 bits per heavy atom. The fourth-order valence-electron chi connectivity index (χ4n) is 2.23. The zero-order chi connectivity index (χ0) is 15.1. The molecule has 118 valence electrons. The molecule has 0 aliphatic heterocycles. The Morgan fingerprint density at radius 2 is 1.45 bits per heavy atom. The lowest BCUT2D eigenvalue weighted by Crippen LogP contribution is -2.32. The largest absolute Gasteiger partial charge is 0.325 e. The second-order valence-corrected chi connectivity index (χ2v) is 4.95. The molecule has 3 nitrogen and oxygen atoms in total. The molecule has 0 radical (unpaired) electrons. The number of carbonyl (C=O) groups is 1. The van der Waals surface area contributed by atoms with Gasteiger partial charge in [0.05, 0.1) is 6.54 Å². The minimum Gasteiger partial charge on any atom is -0.325 e. The molecule has 2 aromatic rings. The number of likely N-dealkylation sites (N-methyl/N-ethyl adjacent to an activating group) is 1. The van der Waals surface area contributed by atoms with E-state index in [1.165, 1.54) is 5.56 Å². The number of nitrogens with one attached hydrogen (secondary N) is 1. The van der Waals surface area contributed by atoms with Gasteiger partial charge in [0.15, 0.2) is 0 Å². The summed E-state index contributed by atoms with van der Waals surface area (Å²) in [4.78, 5) is 14.0. The molecule has 0 bridgehead atoms. The minimum atomic E-state index is 0. The SMILES string of the molecule is CCN(CC)CC(=O)Nc1ccc(-c2ccccc2)cc1.Cl. The van der Waals surface area contributed by atoms with Crippen LogP contribution in [-0.4, -0.2) is 30.4 Å². The second-order valence-electron chi connectivity index (χ2n) is 4.95. The van der Waals surface area contributed by atoms with Crippen LogP contribution in [0.2, 0.25) is 0 Å². The lowest BCUT2D eigenvalue weighted by atomic mass is 10.1. The number of amides is 1. The van der Waals surface area contributed by atoms with Crippen molar-refractivity contribution in [2.75, 3.05) is 25.0 Å². The van der Waals surface area contributed by atoms with Gasteiger partial charge < -0.3 is 5.32 Å². The van der Waals surface area contributed by atoms with Gasteiger partial charge >= 0.3 is 0 Å². The quantitative estimate of drug-likeness (QED) is 0.871. The summed E-state index contributed by atoms with van der Waals surface area (Å²) in [5.41, 5.74) is 3.17. The van der Waals surface area contributed by atoms with Gasteiger partial charge in [-0.2, -0.15) is 0 Å². The van der Waals surface area contributed by atoms with Crippen LogP contribution in [0.25, 0.3) is 11.1 Å². The van der Waals surface area contributed by atoms with E-state index in [9.17, 15) is 4.79 Å². The van der Waals surface area contributed by atoms with Crippen LogP contribution in [-0.2, 0) is 4.79 Å². The van der Waals surface area contributed by atoms with E-state index in [2.05, 4.69) is 36.2 Å². The molecular weight excluding hydrogens is 296 g/mol. The Balaban J connectivity index is 0.00000242. The maximum absolute atomic E-state index is 11.9. The monoisotopic (exact) mass is 318 g/mol. The molecule has 0 saturated heterocycles. The van der Waals surface area contributed by atoms with Crippen molar-refractivity contribution in [2.24, 2.45) is 0 Å². The zero-order valence-electron chi connectivity index (χ0n) is 13.1. The molecule has 0 unspecified atom stereocenters. The molecular formula is C18H23ClN2O. The Bertz CT molecular complexity index is 565. The van der Waals surface area contributed by atoms with Crippen molar-refractivity contribution in [1.82, 2.24) is 4.90 Å². The van der Waals surface area contributed by atoms with Crippen LogP contribution in [0.3, 0.4) is 0 Å². The van der Waals surface area contributed by atoms with Gasteiger partial charge in [-0.15, -0.1) is 12.4 Å². The summed E-state index contributed by atoms with van der Waals surface area (Å²) in [5, 5.41) is 2.94. The van der Waals surface area contributed by atoms with Crippen molar-refractivity contribution in [1.29, 1.82) is 0 Å². The fourth-order valence-corrected chi connectivity index (χ4v) is 2.23. The minimum absolute atomic E-state index is 0. The van der Waals surface area contributed by atoms with Crippen LogP contribution in [0.15, 0.2) is 54.6 Å². The normalized spacial score (nSPS) is 10.1. The highest BCUT2D eigenvalue weighted by molar-refractivity contribution is 5.92. The average molecular weight is 319 g/mol. The topological polar surface area (TPSA) is 32.3 Å². The first kappa shape index (κ1) is 18.2. The Morgan fingerprint density at radius 1 is 0.909 bits per heavy atom. The number of benzene rings is 2. The highest BCUT2D eigenvalue weighted by atomic mass is 35.5. The van der Waals surface area contributed by atoms with Crippen molar-refractivity contribution in [2.45, 2.75) is 13.8 Å². The number of carbonyl (C=O) groups excluding carboxylic acids is 1. The van der Waals surface area contributed by atoms with Crippen LogP contribution in [0, 0.1) is 0 Å². The molecule has 0 aromatic heterocycles. The standard InChI is InChI=1S/C18H22N2O.ClH/c1-3-20(4-2)14-18(21)19-17-12-10-16(11-13-17)15-8-6-5-7-9-15;/h5-13H,3-4,14H2,1-2H3,(H,19,21);1H. The van der Waals surface area contributed by atoms with Crippen molar-refractivity contribution in [3.63, 3.8) is 0 Å². The van der Waals surface area contributed by atoms with E-state index < -0.39 is 0 Å². The average Bonchev–Trinajstić information content (AvgIpc) is 2.54. The molecule has 1 N–H and O–H groups in total. The maximum atomic E-state index is 11.9. The molecule has 0 aliphatic rings. The van der Waals surface area contributed by atoms with Crippen molar-refractivity contribution in [3.8, 4) is 11.1 Å². The van der Waals surface area contributed by atoms with Gasteiger partial charge in [-0.3, -0.25) is 9.69 Å². The first-order chi connectivity index (χ1) is 10.2. The summed E-state index contributed by atoms with van der Waals surface area (Å²) in [7, 11) is 0. The third-order valence-corrected chi connectivity index (χ3v) is 3.54. The highest BCUT2D eigenvalue weighted by Crippen LogP contribution is 2.20. The lowest BCUT2D eigenvalue weighted by molar-refractivity contribution is -0.117. The van der Waals surface area contributed by atoms with E-state index in [-0.39, 0.29) is 18.3 Å². The molecule has 0 fully saturated rings. The molecule has 0 aliphatic carbocycles. The van der Waals surface area contributed by atoms with Crippen LogP contribution in [0.4, 0.5) is 5.69 Å². The summed E-state index contributed by atoms with van der Waals surface area (Å²) < 4.78 is 0. The van der Waals surface area contributed by atoms with Crippen molar-refractivity contribution < 1.29 is 4.79 Å². The third-order valence-electron chi connectivity index (χ3n) is 3.54. The lowest BCUT2D eigenvalue weighted by Gasteiger charge is -2.17. The van der Waals surface area contributed by atoms with Gasteiger partial charge in [0.2, 0.25) is 5.91 Å². The zero-order valence-corrected chi connectivity index (χ0v) is 13.9. The van der Waals surface area contributed by atoms with Gasteiger partial charge in [-0.05, 0) is 36.3 Å². The number of rotatable bonds is 6.